The summed E-state index contributed by atoms with van der Waals surface area (Å²) in [4.78, 5) is 4.52. The van der Waals surface area contributed by atoms with E-state index >= 15 is 0 Å². The molecule has 1 aromatic heterocycles. The van der Waals surface area contributed by atoms with Crippen LogP contribution in [0.25, 0.3) is 0 Å². The molecule has 2 heterocycles. The summed E-state index contributed by atoms with van der Waals surface area (Å²) in [7, 11) is 0. The summed E-state index contributed by atoms with van der Waals surface area (Å²) in [5.74, 6) is 1.04. The number of nitrogens with zero attached hydrogens (tertiary/aromatic N) is 1. The van der Waals surface area contributed by atoms with Crippen LogP contribution in [0.15, 0.2) is 30.2 Å². The molecule has 0 radical (unpaired) electrons. The molecule has 18 heavy (non-hydrogen) atoms. The van der Waals surface area contributed by atoms with Gasteiger partial charge in [0.05, 0.1) is 12.3 Å². The summed E-state index contributed by atoms with van der Waals surface area (Å²) >= 11 is 0. The fraction of sp³-hybridized carbons (Fsp3) is 0.533. The van der Waals surface area contributed by atoms with Gasteiger partial charge in [-0.3, -0.25) is 4.98 Å². The zero-order valence-electron chi connectivity index (χ0n) is 11.3. The van der Waals surface area contributed by atoms with Gasteiger partial charge in [-0.05, 0) is 50.4 Å². The maximum Gasteiger partial charge on any atom is 0.115 e. The zero-order valence-corrected chi connectivity index (χ0v) is 11.3. The number of pyridine rings is 1. The highest BCUT2D eigenvalue weighted by atomic mass is 16.5. The number of aromatic nitrogens is 1. The molecule has 98 valence electrons. The molecule has 3 nitrogen and oxygen atoms in total. The molecule has 0 fully saturated rings. The minimum atomic E-state index is 0.103. The predicted molar refractivity (Wildman–Crippen MR) is 73.3 cm³/mol. The number of hydrogen-bond donors (Lipinski definition) is 1. The number of hydrogen-bond acceptors (Lipinski definition) is 3. The molecule has 0 spiro atoms. The summed E-state index contributed by atoms with van der Waals surface area (Å²) in [5, 5.41) is 3.54. The van der Waals surface area contributed by atoms with E-state index in [1.165, 1.54) is 5.56 Å². The standard InChI is InChI=1S/C15H22N2O/c1-3-9-16-15(13-8-4-5-11-18-13)14-12(2)7-6-10-17-14/h6-8,10,15-16H,3-5,9,11H2,1-2H3. The Morgan fingerprint density at radius 3 is 3.06 bits per heavy atom. The Morgan fingerprint density at radius 1 is 1.50 bits per heavy atom. The van der Waals surface area contributed by atoms with Crippen molar-refractivity contribution in [2.45, 2.75) is 39.2 Å². The fourth-order valence-electron chi connectivity index (χ4n) is 2.20. The highest BCUT2D eigenvalue weighted by Gasteiger charge is 2.21. The molecular weight excluding hydrogens is 224 g/mol. The van der Waals surface area contributed by atoms with Crippen LogP contribution in [0.2, 0.25) is 0 Å². The molecule has 0 saturated carbocycles. The molecule has 0 saturated heterocycles. The topological polar surface area (TPSA) is 34.1 Å². The van der Waals surface area contributed by atoms with Gasteiger partial charge >= 0.3 is 0 Å². The molecule has 0 aromatic carbocycles. The van der Waals surface area contributed by atoms with E-state index in [0.29, 0.717) is 0 Å². The van der Waals surface area contributed by atoms with Gasteiger partial charge in [-0.25, -0.2) is 0 Å². The van der Waals surface area contributed by atoms with Crippen molar-refractivity contribution < 1.29 is 4.74 Å². The minimum absolute atomic E-state index is 0.103. The molecule has 3 heteroatoms. The first-order valence-electron chi connectivity index (χ1n) is 6.80. The maximum absolute atomic E-state index is 5.81. The largest absolute Gasteiger partial charge is 0.496 e. The molecule has 0 aliphatic carbocycles. The third-order valence-corrected chi connectivity index (χ3v) is 3.17. The molecule has 1 atom stereocenters. The second-order valence-electron chi connectivity index (χ2n) is 4.69. The lowest BCUT2D eigenvalue weighted by Gasteiger charge is -2.25. The Kier molecular flexibility index (Phi) is 4.76. The summed E-state index contributed by atoms with van der Waals surface area (Å²) in [6.45, 7) is 6.07. The highest BCUT2D eigenvalue weighted by Crippen LogP contribution is 2.26. The molecule has 1 aliphatic rings. The van der Waals surface area contributed by atoms with Crippen molar-refractivity contribution in [3.05, 3.63) is 41.4 Å². The first-order chi connectivity index (χ1) is 8.83. The van der Waals surface area contributed by atoms with Gasteiger partial charge < -0.3 is 10.1 Å². The summed E-state index contributed by atoms with van der Waals surface area (Å²) in [6, 6.07) is 4.18. The van der Waals surface area contributed by atoms with Crippen LogP contribution in [-0.4, -0.2) is 18.1 Å². The molecule has 1 aliphatic heterocycles. The Balaban J connectivity index is 2.24. The monoisotopic (exact) mass is 246 g/mol. The van der Waals surface area contributed by atoms with E-state index in [2.05, 4.69) is 36.3 Å². The smallest absolute Gasteiger partial charge is 0.115 e. The lowest BCUT2D eigenvalue weighted by atomic mass is 10.0. The van der Waals surface area contributed by atoms with Crippen molar-refractivity contribution in [3.8, 4) is 0 Å². The fourth-order valence-corrected chi connectivity index (χ4v) is 2.20. The number of aryl methyl sites for hydroxylation is 1. The number of nitrogens with one attached hydrogen (secondary N) is 1. The lowest BCUT2D eigenvalue weighted by molar-refractivity contribution is 0.166. The zero-order chi connectivity index (χ0) is 12.8. The Labute approximate surface area is 109 Å². The van der Waals surface area contributed by atoms with E-state index in [1.54, 1.807) is 0 Å². The van der Waals surface area contributed by atoms with Crippen LogP contribution in [0.3, 0.4) is 0 Å². The van der Waals surface area contributed by atoms with E-state index in [0.717, 1.165) is 43.9 Å². The lowest BCUT2D eigenvalue weighted by Crippen LogP contribution is -2.27. The van der Waals surface area contributed by atoms with E-state index in [-0.39, 0.29) is 6.04 Å². The van der Waals surface area contributed by atoms with Gasteiger partial charge in [0.15, 0.2) is 0 Å². The Hall–Kier alpha value is -1.35. The van der Waals surface area contributed by atoms with E-state index in [9.17, 15) is 0 Å². The van der Waals surface area contributed by atoms with Crippen LogP contribution in [0.5, 0.6) is 0 Å². The van der Waals surface area contributed by atoms with Gasteiger partial charge in [0.1, 0.15) is 11.8 Å². The van der Waals surface area contributed by atoms with Gasteiger partial charge in [-0.15, -0.1) is 0 Å². The van der Waals surface area contributed by atoms with Crippen molar-refractivity contribution >= 4 is 0 Å². The van der Waals surface area contributed by atoms with Crippen molar-refractivity contribution in [1.82, 2.24) is 10.3 Å². The van der Waals surface area contributed by atoms with E-state index in [4.69, 9.17) is 4.74 Å². The Morgan fingerprint density at radius 2 is 2.39 bits per heavy atom. The molecule has 0 amide bonds. The summed E-state index contributed by atoms with van der Waals surface area (Å²) in [5.41, 5.74) is 2.29. The normalized spacial score (nSPS) is 16.9. The molecule has 1 aromatic rings. The maximum atomic E-state index is 5.81. The SMILES string of the molecule is CCCNC(C1=CCCCO1)c1ncccc1C. The van der Waals surface area contributed by atoms with Crippen LogP contribution >= 0.6 is 0 Å². The number of rotatable bonds is 5. The van der Waals surface area contributed by atoms with Crippen LogP contribution in [0.1, 0.15) is 43.5 Å². The van der Waals surface area contributed by atoms with Crippen LogP contribution in [-0.2, 0) is 4.74 Å². The molecule has 1 N–H and O–H groups in total. The van der Waals surface area contributed by atoms with Gasteiger partial charge in [-0.1, -0.05) is 13.0 Å². The van der Waals surface area contributed by atoms with Crippen LogP contribution < -0.4 is 5.32 Å². The van der Waals surface area contributed by atoms with Crippen molar-refractivity contribution in [1.29, 1.82) is 0 Å². The van der Waals surface area contributed by atoms with E-state index in [1.807, 2.05) is 12.3 Å². The minimum Gasteiger partial charge on any atom is -0.496 e. The first-order valence-corrected chi connectivity index (χ1v) is 6.80. The third-order valence-electron chi connectivity index (χ3n) is 3.17. The number of allylic oxidation sites excluding steroid dienone is 1. The molecular formula is C15H22N2O. The highest BCUT2D eigenvalue weighted by molar-refractivity contribution is 5.27. The predicted octanol–water partition coefficient (Wildman–Crippen LogP) is 3.13. The van der Waals surface area contributed by atoms with E-state index < -0.39 is 0 Å². The average molecular weight is 246 g/mol. The van der Waals surface area contributed by atoms with Gasteiger partial charge in [-0.2, -0.15) is 0 Å². The average Bonchev–Trinajstić information content (AvgIpc) is 2.42. The summed E-state index contributed by atoms with van der Waals surface area (Å²) < 4.78 is 5.81. The van der Waals surface area contributed by atoms with Gasteiger partial charge in [0.2, 0.25) is 0 Å². The van der Waals surface area contributed by atoms with Crippen molar-refractivity contribution in [2.24, 2.45) is 0 Å². The van der Waals surface area contributed by atoms with Gasteiger partial charge in [0.25, 0.3) is 0 Å². The second-order valence-corrected chi connectivity index (χ2v) is 4.69. The molecule has 2 rings (SSSR count). The third kappa shape index (κ3) is 3.10. The molecule has 1 unspecified atom stereocenters. The van der Waals surface area contributed by atoms with Gasteiger partial charge in [0, 0.05) is 6.20 Å². The number of ether oxygens (including phenoxy) is 1. The van der Waals surface area contributed by atoms with Crippen LogP contribution in [0.4, 0.5) is 0 Å². The summed E-state index contributed by atoms with van der Waals surface area (Å²) in [6.07, 6.45) is 7.38. The van der Waals surface area contributed by atoms with Crippen LogP contribution in [0, 0.1) is 6.92 Å². The Bertz CT molecular complexity index is 415. The van der Waals surface area contributed by atoms with Crippen molar-refractivity contribution in [3.63, 3.8) is 0 Å². The quantitative estimate of drug-likeness (QED) is 0.866. The van der Waals surface area contributed by atoms with Crippen molar-refractivity contribution in [2.75, 3.05) is 13.2 Å². The second kappa shape index (κ2) is 6.55. The first kappa shape index (κ1) is 13.1. The molecule has 0 bridgehead atoms.